The Morgan fingerprint density at radius 2 is 2.11 bits per heavy atom. The SMILES string of the molecule is COCONC1(c2ccccc2)CCCN(C)C1. The Kier molecular flexibility index (Phi) is 4.72. The molecule has 1 N–H and O–H groups in total. The number of benzene rings is 1. The number of hydrogen-bond acceptors (Lipinski definition) is 4. The third-order valence-corrected chi connectivity index (χ3v) is 3.45. The van der Waals surface area contributed by atoms with E-state index in [2.05, 4.69) is 41.7 Å². The molecule has 1 aliphatic rings. The standard InChI is InChI=1S/C14H22N2O2/c1-16-10-6-9-14(11-16,15-18-12-17-2)13-7-4-3-5-8-13/h3-5,7-8,15H,6,9-12H2,1-2H3. The highest BCUT2D eigenvalue weighted by molar-refractivity contribution is 5.25. The van der Waals surface area contributed by atoms with E-state index in [-0.39, 0.29) is 12.3 Å². The maximum Gasteiger partial charge on any atom is 0.166 e. The largest absolute Gasteiger partial charge is 0.357 e. The van der Waals surface area contributed by atoms with Gasteiger partial charge in [-0.05, 0) is 32.0 Å². The van der Waals surface area contributed by atoms with Crippen molar-refractivity contribution < 1.29 is 9.57 Å². The fourth-order valence-corrected chi connectivity index (χ4v) is 2.63. The number of nitrogens with zero attached hydrogens (tertiary/aromatic N) is 1. The van der Waals surface area contributed by atoms with Crippen molar-refractivity contribution in [2.45, 2.75) is 18.4 Å². The quantitative estimate of drug-likeness (QED) is 0.490. The lowest BCUT2D eigenvalue weighted by Crippen LogP contribution is -2.53. The number of hydrogen-bond donors (Lipinski definition) is 1. The number of piperidine rings is 1. The van der Waals surface area contributed by atoms with E-state index in [0.29, 0.717) is 0 Å². The maximum atomic E-state index is 5.43. The van der Waals surface area contributed by atoms with Crippen molar-refractivity contribution in [3.8, 4) is 0 Å². The first-order valence-electron chi connectivity index (χ1n) is 6.39. The van der Waals surface area contributed by atoms with E-state index in [4.69, 9.17) is 9.57 Å². The van der Waals surface area contributed by atoms with Crippen LogP contribution in [0.15, 0.2) is 30.3 Å². The summed E-state index contributed by atoms with van der Waals surface area (Å²) >= 11 is 0. The van der Waals surface area contributed by atoms with Crippen LogP contribution >= 0.6 is 0 Å². The van der Waals surface area contributed by atoms with Gasteiger partial charge in [-0.2, -0.15) is 5.48 Å². The summed E-state index contributed by atoms with van der Waals surface area (Å²) in [5.74, 6) is 0. The number of ether oxygens (including phenoxy) is 1. The van der Waals surface area contributed by atoms with Crippen molar-refractivity contribution in [1.82, 2.24) is 10.4 Å². The molecule has 1 unspecified atom stereocenters. The van der Waals surface area contributed by atoms with Gasteiger partial charge in [0.1, 0.15) is 0 Å². The van der Waals surface area contributed by atoms with Crippen molar-refractivity contribution in [2.75, 3.05) is 34.0 Å². The van der Waals surface area contributed by atoms with Gasteiger partial charge in [-0.25, -0.2) is 0 Å². The molecule has 0 spiro atoms. The van der Waals surface area contributed by atoms with E-state index in [1.807, 2.05) is 6.07 Å². The van der Waals surface area contributed by atoms with Crippen molar-refractivity contribution in [1.29, 1.82) is 0 Å². The summed E-state index contributed by atoms with van der Waals surface area (Å²) in [5, 5.41) is 0. The Morgan fingerprint density at radius 3 is 2.78 bits per heavy atom. The normalized spacial score (nSPS) is 25.2. The highest BCUT2D eigenvalue weighted by atomic mass is 16.7. The first-order chi connectivity index (χ1) is 8.77. The van der Waals surface area contributed by atoms with Crippen LogP contribution in [0.4, 0.5) is 0 Å². The smallest absolute Gasteiger partial charge is 0.166 e. The second-order valence-electron chi connectivity index (χ2n) is 4.94. The number of nitrogens with one attached hydrogen (secondary N) is 1. The Morgan fingerprint density at radius 1 is 1.33 bits per heavy atom. The molecule has 4 nitrogen and oxygen atoms in total. The molecule has 2 rings (SSSR count). The van der Waals surface area contributed by atoms with Crippen molar-refractivity contribution >= 4 is 0 Å². The van der Waals surface area contributed by atoms with E-state index >= 15 is 0 Å². The number of hydroxylamine groups is 1. The van der Waals surface area contributed by atoms with Gasteiger partial charge in [0, 0.05) is 13.7 Å². The molecule has 100 valence electrons. The molecular weight excluding hydrogens is 228 g/mol. The van der Waals surface area contributed by atoms with Crippen LogP contribution in [0, 0.1) is 0 Å². The molecule has 1 heterocycles. The van der Waals surface area contributed by atoms with Crippen LogP contribution in [0.5, 0.6) is 0 Å². The average Bonchev–Trinajstić information content (AvgIpc) is 2.40. The first-order valence-corrected chi connectivity index (χ1v) is 6.39. The molecule has 1 atom stereocenters. The second kappa shape index (κ2) is 6.29. The van der Waals surface area contributed by atoms with E-state index in [1.165, 1.54) is 5.56 Å². The Balaban J connectivity index is 2.16. The molecule has 0 saturated carbocycles. The molecule has 0 aromatic heterocycles. The molecule has 18 heavy (non-hydrogen) atoms. The Hall–Kier alpha value is -0.940. The summed E-state index contributed by atoms with van der Waals surface area (Å²) in [6, 6.07) is 10.5. The minimum atomic E-state index is -0.132. The molecule has 1 aromatic rings. The lowest BCUT2D eigenvalue weighted by atomic mass is 9.83. The number of rotatable bonds is 5. The Labute approximate surface area is 109 Å². The summed E-state index contributed by atoms with van der Waals surface area (Å²) in [7, 11) is 3.78. The molecular formula is C14H22N2O2. The van der Waals surface area contributed by atoms with Crippen molar-refractivity contribution in [3.63, 3.8) is 0 Å². The average molecular weight is 250 g/mol. The van der Waals surface area contributed by atoms with Crippen LogP contribution in [-0.4, -0.2) is 38.9 Å². The molecule has 1 aliphatic heterocycles. The zero-order chi connectivity index (χ0) is 12.8. The van der Waals surface area contributed by atoms with Gasteiger partial charge in [0.2, 0.25) is 0 Å². The fraction of sp³-hybridized carbons (Fsp3) is 0.571. The summed E-state index contributed by atoms with van der Waals surface area (Å²) < 4.78 is 4.94. The van der Waals surface area contributed by atoms with Crippen molar-refractivity contribution in [2.24, 2.45) is 0 Å². The van der Waals surface area contributed by atoms with Gasteiger partial charge >= 0.3 is 0 Å². The highest BCUT2D eigenvalue weighted by Crippen LogP contribution is 2.31. The highest BCUT2D eigenvalue weighted by Gasteiger charge is 2.36. The predicted molar refractivity (Wildman–Crippen MR) is 70.9 cm³/mol. The monoisotopic (exact) mass is 250 g/mol. The number of likely N-dealkylation sites (N-methyl/N-ethyl adjacent to an activating group) is 1. The predicted octanol–water partition coefficient (Wildman–Crippen LogP) is 1.73. The molecule has 0 amide bonds. The zero-order valence-electron chi connectivity index (χ0n) is 11.2. The molecule has 1 fully saturated rings. The lowest BCUT2D eigenvalue weighted by Gasteiger charge is -2.42. The van der Waals surface area contributed by atoms with Gasteiger partial charge in [-0.1, -0.05) is 30.3 Å². The molecule has 0 radical (unpaired) electrons. The number of likely N-dealkylation sites (tertiary alicyclic amines) is 1. The summed E-state index contributed by atoms with van der Waals surface area (Å²) in [6.07, 6.45) is 2.24. The molecule has 1 saturated heterocycles. The third kappa shape index (κ3) is 3.09. The van der Waals surface area contributed by atoms with Gasteiger partial charge < -0.3 is 9.64 Å². The first kappa shape index (κ1) is 13.5. The minimum Gasteiger partial charge on any atom is -0.357 e. The third-order valence-electron chi connectivity index (χ3n) is 3.45. The molecule has 0 aliphatic carbocycles. The van der Waals surface area contributed by atoms with Gasteiger partial charge in [-0.15, -0.1) is 0 Å². The van der Waals surface area contributed by atoms with Crippen molar-refractivity contribution in [3.05, 3.63) is 35.9 Å². The van der Waals surface area contributed by atoms with Gasteiger partial charge in [0.15, 0.2) is 6.79 Å². The molecule has 1 aromatic carbocycles. The van der Waals surface area contributed by atoms with Crippen LogP contribution in [0.1, 0.15) is 18.4 Å². The van der Waals surface area contributed by atoms with Gasteiger partial charge in [0.25, 0.3) is 0 Å². The van der Waals surface area contributed by atoms with Gasteiger partial charge in [-0.3, -0.25) is 4.84 Å². The van der Waals surface area contributed by atoms with Crippen LogP contribution in [0.3, 0.4) is 0 Å². The van der Waals surface area contributed by atoms with E-state index in [1.54, 1.807) is 7.11 Å². The van der Waals surface area contributed by atoms with Crippen LogP contribution in [0.2, 0.25) is 0 Å². The van der Waals surface area contributed by atoms with Crippen LogP contribution < -0.4 is 5.48 Å². The Bertz CT molecular complexity index is 358. The van der Waals surface area contributed by atoms with E-state index < -0.39 is 0 Å². The second-order valence-corrected chi connectivity index (χ2v) is 4.94. The molecule has 4 heteroatoms. The van der Waals surface area contributed by atoms with Gasteiger partial charge in [0.05, 0.1) is 5.54 Å². The van der Waals surface area contributed by atoms with E-state index in [9.17, 15) is 0 Å². The zero-order valence-corrected chi connectivity index (χ0v) is 11.2. The molecule has 0 bridgehead atoms. The number of methoxy groups -OCH3 is 1. The van der Waals surface area contributed by atoms with E-state index in [0.717, 1.165) is 25.9 Å². The minimum absolute atomic E-state index is 0.132. The summed E-state index contributed by atoms with van der Waals surface area (Å²) in [4.78, 5) is 7.76. The van der Waals surface area contributed by atoms with Crippen LogP contribution in [0.25, 0.3) is 0 Å². The fourth-order valence-electron chi connectivity index (χ4n) is 2.63. The topological polar surface area (TPSA) is 33.7 Å². The lowest BCUT2D eigenvalue weighted by molar-refractivity contribution is -0.127. The summed E-state index contributed by atoms with van der Waals surface area (Å²) in [6.45, 7) is 2.35. The maximum absolute atomic E-state index is 5.43. The van der Waals surface area contributed by atoms with Crippen LogP contribution in [-0.2, 0) is 15.1 Å². The summed E-state index contributed by atoms with van der Waals surface area (Å²) in [5.41, 5.74) is 4.35.